The summed E-state index contributed by atoms with van der Waals surface area (Å²) in [4.78, 5) is 0. The molecule has 1 saturated carbocycles. The Bertz CT molecular complexity index is 60.4. The van der Waals surface area contributed by atoms with E-state index in [0.29, 0.717) is 0 Å². The second kappa shape index (κ2) is 3.92. The van der Waals surface area contributed by atoms with E-state index in [4.69, 9.17) is 0 Å². The molecule has 0 saturated heterocycles. The second-order valence-corrected chi connectivity index (χ2v) is 2.92. The van der Waals surface area contributed by atoms with Crippen LogP contribution in [0.25, 0.3) is 0 Å². The Labute approximate surface area is 58.7 Å². The van der Waals surface area contributed by atoms with Crippen molar-refractivity contribution in [2.45, 2.75) is 38.5 Å². The van der Waals surface area contributed by atoms with Gasteiger partial charge < -0.3 is 0 Å². The lowest BCUT2D eigenvalue weighted by Gasteiger charge is -2.04. The van der Waals surface area contributed by atoms with Gasteiger partial charge >= 0.3 is 0 Å². The summed E-state index contributed by atoms with van der Waals surface area (Å²) in [6, 6.07) is 0. The number of rotatable bonds is 3. The van der Waals surface area contributed by atoms with Crippen molar-refractivity contribution in [1.82, 2.24) is 0 Å². The molecule has 0 aromatic heterocycles. The highest BCUT2D eigenvalue weighted by molar-refractivity contribution is 4.82. The van der Waals surface area contributed by atoms with Gasteiger partial charge in [0.1, 0.15) is 0 Å². The molecule has 0 aromatic carbocycles. The van der Waals surface area contributed by atoms with Gasteiger partial charge in [-0.15, -0.1) is 0 Å². The summed E-state index contributed by atoms with van der Waals surface area (Å²) in [6.07, 6.45) is 10.5. The lowest BCUT2D eigenvalue weighted by molar-refractivity contribution is 0.545. The minimum Gasteiger partial charge on any atom is -0.0533 e. The van der Waals surface area contributed by atoms with Gasteiger partial charge in [0.15, 0.2) is 0 Å². The third-order valence-electron chi connectivity index (χ3n) is 2.10. The number of hydrogen-bond donors (Lipinski definition) is 0. The summed E-state index contributed by atoms with van der Waals surface area (Å²) >= 11 is 0. The van der Waals surface area contributed by atoms with Crippen LogP contribution >= 0.6 is 0 Å². The lowest BCUT2D eigenvalue weighted by atomic mass is 10.0. The summed E-state index contributed by atoms with van der Waals surface area (Å²) in [5.41, 5.74) is 0. The van der Waals surface area contributed by atoms with E-state index in [-0.39, 0.29) is 0 Å². The fourth-order valence-electron chi connectivity index (χ4n) is 1.52. The van der Waals surface area contributed by atoms with Crippen molar-refractivity contribution < 1.29 is 0 Å². The van der Waals surface area contributed by atoms with Crippen LogP contribution in [0.5, 0.6) is 0 Å². The largest absolute Gasteiger partial charge is 0.0533 e. The van der Waals surface area contributed by atoms with E-state index >= 15 is 0 Å². The predicted molar refractivity (Wildman–Crippen MR) is 40.8 cm³/mol. The first-order valence-corrected chi connectivity index (χ1v) is 4.06. The summed E-state index contributed by atoms with van der Waals surface area (Å²) in [6.45, 7) is 3.83. The third kappa shape index (κ3) is 2.38. The molecule has 0 heteroatoms. The molecule has 0 N–H and O–H groups in total. The molecular formula is C9H16. The molecule has 1 fully saturated rings. The molecule has 1 aliphatic rings. The van der Waals surface area contributed by atoms with E-state index in [1.807, 2.05) is 0 Å². The van der Waals surface area contributed by atoms with Crippen LogP contribution in [-0.4, -0.2) is 0 Å². The molecule has 0 aromatic rings. The summed E-state index contributed by atoms with van der Waals surface area (Å²) < 4.78 is 0. The molecule has 1 unspecified atom stereocenters. The highest BCUT2D eigenvalue weighted by Crippen LogP contribution is 2.27. The van der Waals surface area contributed by atoms with Crippen LogP contribution < -0.4 is 0 Å². The van der Waals surface area contributed by atoms with Crippen molar-refractivity contribution in [2.24, 2.45) is 5.92 Å². The standard InChI is InChI=1S/C9H16/c1-2-3-6-9-7-4-5-8-9/h7,9H,1-6,8H2. The smallest absolute Gasteiger partial charge is 0.0355 e. The minimum absolute atomic E-state index is 0.951. The van der Waals surface area contributed by atoms with E-state index in [2.05, 4.69) is 13.3 Å². The fraction of sp³-hybridized carbons (Fsp3) is 0.778. The van der Waals surface area contributed by atoms with Gasteiger partial charge in [0, 0.05) is 0 Å². The van der Waals surface area contributed by atoms with E-state index in [1.54, 1.807) is 0 Å². The molecule has 2 radical (unpaired) electrons. The van der Waals surface area contributed by atoms with Gasteiger partial charge in [0.2, 0.25) is 0 Å². The van der Waals surface area contributed by atoms with Crippen LogP contribution in [0, 0.1) is 19.3 Å². The average molecular weight is 124 g/mol. The van der Waals surface area contributed by atoms with E-state index in [9.17, 15) is 0 Å². The molecule has 0 amide bonds. The Morgan fingerprint density at radius 3 is 3.00 bits per heavy atom. The first-order chi connectivity index (χ1) is 4.43. The minimum atomic E-state index is 0.951. The number of unbranched alkanes of at least 4 members (excludes halogenated alkanes) is 1. The highest BCUT2D eigenvalue weighted by Gasteiger charge is 2.13. The SMILES string of the molecule is [CH2]CCCC1[CH]CCC1. The molecule has 1 rings (SSSR count). The van der Waals surface area contributed by atoms with E-state index in [1.165, 1.54) is 32.1 Å². The molecular weight excluding hydrogens is 108 g/mol. The van der Waals surface area contributed by atoms with E-state index in [0.717, 1.165) is 12.3 Å². The second-order valence-electron chi connectivity index (χ2n) is 2.92. The third-order valence-corrected chi connectivity index (χ3v) is 2.10. The Kier molecular flexibility index (Phi) is 3.10. The fourth-order valence-corrected chi connectivity index (χ4v) is 1.52. The van der Waals surface area contributed by atoms with Crippen LogP contribution in [-0.2, 0) is 0 Å². The van der Waals surface area contributed by atoms with Crippen molar-refractivity contribution >= 4 is 0 Å². The van der Waals surface area contributed by atoms with Gasteiger partial charge in [0.25, 0.3) is 0 Å². The summed E-state index contributed by atoms with van der Waals surface area (Å²) in [5.74, 6) is 0.951. The van der Waals surface area contributed by atoms with E-state index < -0.39 is 0 Å². The van der Waals surface area contributed by atoms with Crippen LogP contribution in [0.4, 0.5) is 0 Å². The zero-order valence-electron chi connectivity index (χ0n) is 6.10. The van der Waals surface area contributed by atoms with Crippen LogP contribution in [0.2, 0.25) is 0 Å². The Morgan fingerprint density at radius 1 is 1.56 bits per heavy atom. The average Bonchev–Trinajstić information content (AvgIpc) is 2.34. The van der Waals surface area contributed by atoms with Crippen molar-refractivity contribution in [3.63, 3.8) is 0 Å². The van der Waals surface area contributed by atoms with Crippen molar-refractivity contribution in [2.75, 3.05) is 0 Å². The Morgan fingerprint density at radius 2 is 2.44 bits per heavy atom. The maximum Gasteiger partial charge on any atom is -0.0355 e. The van der Waals surface area contributed by atoms with Crippen LogP contribution in [0.1, 0.15) is 38.5 Å². The van der Waals surface area contributed by atoms with Gasteiger partial charge in [-0.25, -0.2) is 0 Å². The Hall–Kier alpha value is 0. The predicted octanol–water partition coefficient (Wildman–Crippen LogP) is 3.00. The zero-order chi connectivity index (χ0) is 6.53. The van der Waals surface area contributed by atoms with Crippen LogP contribution in [0.3, 0.4) is 0 Å². The lowest BCUT2D eigenvalue weighted by Crippen LogP contribution is -1.91. The molecule has 0 aliphatic heterocycles. The van der Waals surface area contributed by atoms with Gasteiger partial charge in [-0.2, -0.15) is 0 Å². The zero-order valence-corrected chi connectivity index (χ0v) is 6.10. The molecule has 0 heterocycles. The van der Waals surface area contributed by atoms with Crippen LogP contribution in [0.15, 0.2) is 0 Å². The van der Waals surface area contributed by atoms with Crippen molar-refractivity contribution in [3.8, 4) is 0 Å². The first-order valence-electron chi connectivity index (χ1n) is 4.06. The normalized spacial score (nSPS) is 21.0. The molecule has 0 spiro atoms. The first kappa shape index (κ1) is 7.11. The topological polar surface area (TPSA) is 0 Å². The molecule has 0 nitrogen and oxygen atoms in total. The van der Waals surface area contributed by atoms with Crippen molar-refractivity contribution in [1.29, 1.82) is 0 Å². The van der Waals surface area contributed by atoms with Gasteiger partial charge in [0.05, 0.1) is 0 Å². The maximum absolute atomic E-state index is 3.83. The van der Waals surface area contributed by atoms with Gasteiger partial charge in [-0.05, 0) is 18.8 Å². The molecule has 0 bridgehead atoms. The summed E-state index contributed by atoms with van der Waals surface area (Å²) in [5, 5.41) is 0. The van der Waals surface area contributed by atoms with Crippen molar-refractivity contribution in [3.05, 3.63) is 13.3 Å². The highest BCUT2D eigenvalue weighted by atomic mass is 14.2. The van der Waals surface area contributed by atoms with Gasteiger partial charge in [-0.1, -0.05) is 39.0 Å². The quantitative estimate of drug-likeness (QED) is 0.542. The summed E-state index contributed by atoms with van der Waals surface area (Å²) in [7, 11) is 0. The molecule has 1 aliphatic carbocycles. The monoisotopic (exact) mass is 124 g/mol. The molecule has 9 heavy (non-hydrogen) atoms. The molecule has 52 valence electrons. The Balaban J connectivity index is 1.98. The maximum atomic E-state index is 3.83. The number of hydrogen-bond acceptors (Lipinski definition) is 0. The van der Waals surface area contributed by atoms with Gasteiger partial charge in [-0.3, -0.25) is 0 Å². The molecule has 1 atom stereocenters.